The SMILES string of the molecule is CC(C)(C)c1ccc2c(c1)c1cc(C(C)(C)C)ccc1n2-c1ccc2c(c1)c1cc(-n3c4ccccc4c4ccccc43)ccc1n2-c1cccc(-c2cccc(-c3ccccc3)c2)c1. The molecule has 0 aliphatic carbocycles. The standard InChI is InChI=1S/C62H51N3/c1-61(2,3)44-26-30-57-51(36-44)52-37-45(62(4,5)6)27-31-58(52)65(57)48-29-33-60-54(39-48)53-38-47(64-55-24-12-10-22-49(55)50-23-11-13-25-56(50)64)28-32-59(53)63(60)46-21-15-20-43(35-46)42-19-14-18-41(34-42)40-16-8-7-9-17-40/h7-39H,1-6H3. The van der Waals surface area contributed by atoms with Gasteiger partial charge in [0.05, 0.1) is 33.1 Å². The molecule has 12 rings (SSSR count). The number of rotatable bonds is 5. The number of hydrogen-bond acceptors (Lipinski definition) is 0. The first kappa shape index (κ1) is 39.0. The fraction of sp³-hybridized carbons (Fsp3) is 0.129. The number of benzene rings is 9. The summed E-state index contributed by atoms with van der Waals surface area (Å²) >= 11 is 0. The molecule has 0 N–H and O–H groups in total. The summed E-state index contributed by atoms with van der Waals surface area (Å²) in [6, 6.07) is 74.6. The highest BCUT2D eigenvalue weighted by molar-refractivity contribution is 6.14. The summed E-state index contributed by atoms with van der Waals surface area (Å²) < 4.78 is 7.39. The van der Waals surface area contributed by atoms with E-state index in [0.29, 0.717) is 0 Å². The molecule has 3 heterocycles. The Bertz CT molecular complexity index is 3710. The van der Waals surface area contributed by atoms with E-state index in [2.05, 4.69) is 255 Å². The molecule has 3 heteroatoms. The molecule has 0 spiro atoms. The van der Waals surface area contributed by atoms with Crippen LogP contribution >= 0.6 is 0 Å². The zero-order valence-electron chi connectivity index (χ0n) is 37.9. The Morgan fingerprint density at radius 1 is 0.246 bits per heavy atom. The summed E-state index contributed by atoms with van der Waals surface area (Å²) in [7, 11) is 0. The Morgan fingerprint density at radius 3 is 1.09 bits per heavy atom. The van der Waals surface area contributed by atoms with Gasteiger partial charge in [0.2, 0.25) is 0 Å². The fourth-order valence-corrected chi connectivity index (χ4v) is 10.3. The molecule has 0 fully saturated rings. The van der Waals surface area contributed by atoms with Gasteiger partial charge in [-0.25, -0.2) is 0 Å². The van der Waals surface area contributed by atoms with Crippen LogP contribution in [-0.2, 0) is 10.8 Å². The van der Waals surface area contributed by atoms with Gasteiger partial charge in [0.25, 0.3) is 0 Å². The lowest BCUT2D eigenvalue weighted by atomic mass is 9.85. The van der Waals surface area contributed by atoms with Crippen LogP contribution in [0.25, 0.3) is 105 Å². The van der Waals surface area contributed by atoms with Gasteiger partial charge in [0.15, 0.2) is 0 Å². The van der Waals surface area contributed by atoms with Gasteiger partial charge in [-0.3, -0.25) is 0 Å². The van der Waals surface area contributed by atoms with E-state index in [1.807, 2.05) is 0 Å². The minimum absolute atomic E-state index is 0.0288. The van der Waals surface area contributed by atoms with Crippen molar-refractivity contribution >= 4 is 65.4 Å². The first-order chi connectivity index (χ1) is 31.5. The quantitative estimate of drug-likeness (QED) is 0.164. The Hall–Kier alpha value is -7.62. The molecule has 0 radical (unpaired) electrons. The third-order valence-corrected chi connectivity index (χ3v) is 13.7. The van der Waals surface area contributed by atoms with E-state index in [9.17, 15) is 0 Å². The molecule has 0 bridgehead atoms. The topological polar surface area (TPSA) is 14.8 Å². The lowest BCUT2D eigenvalue weighted by Crippen LogP contribution is -2.10. The van der Waals surface area contributed by atoms with Gasteiger partial charge in [0.1, 0.15) is 0 Å². The number of nitrogens with zero attached hydrogens (tertiary/aromatic N) is 3. The van der Waals surface area contributed by atoms with Gasteiger partial charge in [-0.1, -0.05) is 151 Å². The van der Waals surface area contributed by atoms with Crippen LogP contribution in [0, 0.1) is 0 Å². The van der Waals surface area contributed by atoms with Crippen LogP contribution in [0.5, 0.6) is 0 Å². The monoisotopic (exact) mass is 837 g/mol. The van der Waals surface area contributed by atoms with Gasteiger partial charge >= 0.3 is 0 Å². The van der Waals surface area contributed by atoms with Crippen molar-refractivity contribution < 1.29 is 0 Å². The second kappa shape index (κ2) is 14.5. The third kappa shape index (κ3) is 6.32. The molecule has 3 nitrogen and oxygen atoms in total. The van der Waals surface area contributed by atoms with Crippen LogP contribution in [-0.4, -0.2) is 13.7 Å². The van der Waals surface area contributed by atoms with Crippen LogP contribution in [0.4, 0.5) is 0 Å². The predicted octanol–water partition coefficient (Wildman–Crippen LogP) is 16.9. The first-order valence-corrected chi connectivity index (χ1v) is 22.9. The van der Waals surface area contributed by atoms with E-state index in [0.717, 1.165) is 17.1 Å². The van der Waals surface area contributed by atoms with Crippen molar-refractivity contribution in [1.29, 1.82) is 0 Å². The van der Waals surface area contributed by atoms with Gasteiger partial charge in [-0.05, 0) is 135 Å². The molecule has 0 atom stereocenters. The maximum atomic E-state index is 2.49. The van der Waals surface area contributed by atoms with E-state index in [4.69, 9.17) is 0 Å². The van der Waals surface area contributed by atoms with Crippen molar-refractivity contribution in [2.75, 3.05) is 0 Å². The van der Waals surface area contributed by atoms with Crippen LogP contribution < -0.4 is 0 Å². The van der Waals surface area contributed by atoms with Crippen molar-refractivity contribution in [3.05, 3.63) is 211 Å². The van der Waals surface area contributed by atoms with Gasteiger partial charge in [-0.15, -0.1) is 0 Å². The average molecular weight is 838 g/mol. The molecule has 0 saturated carbocycles. The largest absolute Gasteiger partial charge is 0.309 e. The molecule has 0 unspecified atom stereocenters. The molecule has 3 aromatic heterocycles. The summed E-state index contributed by atoms with van der Waals surface area (Å²) in [6.07, 6.45) is 0. The van der Waals surface area contributed by atoms with Crippen molar-refractivity contribution in [2.24, 2.45) is 0 Å². The summed E-state index contributed by atoms with van der Waals surface area (Å²) in [5.74, 6) is 0. The van der Waals surface area contributed by atoms with Crippen LogP contribution in [0.3, 0.4) is 0 Å². The Morgan fingerprint density at radius 2 is 0.600 bits per heavy atom. The Balaban J connectivity index is 1.11. The van der Waals surface area contributed by atoms with Crippen molar-refractivity contribution in [3.63, 3.8) is 0 Å². The second-order valence-corrected chi connectivity index (χ2v) is 19.9. The highest BCUT2D eigenvalue weighted by atomic mass is 15.0. The molecule has 0 amide bonds. The van der Waals surface area contributed by atoms with E-state index in [-0.39, 0.29) is 10.8 Å². The third-order valence-electron chi connectivity index (χ3n) is 13.7. The minimum Gasteiger partial charge on any atom is -0.309 e. The lowest BCUT2D eigenvalue weighted by Gasteiger charge is -2.19. The van der Waals surface area contributed by atoms with E-state index >= 15 is 0 Å². The number of hydrogen-bond donors (Lipinski definition) is 0. The molecule has 9 aromatic carbocycles. The summed E-state index contributed by atoms with van der Waals surface area (Å²) in [4.78, 5) is 0. The Labute approximate surface area is 380 Å². The molecule has 12 aromatic rings. The first-order valence-electron chi connectivity index (χ1n) is 22.9. The molecule has 314 valence electrons. The molecule has 0 aliphatic rings. The number of aromatic nitrogens is 3. The molecule has 65 heavy (non-hydrogen) atoms. The summed E-state index contributed by atoms with van der Waals surface area (Å²) in [5, 5.41) is 7.53. The average Bonchev–Trinajstić information content (AvgIpc) is 3.96. The van der Waals surface area contributed by atoms with E-state index < -0.39 is 0 Å². The summed E-state index contributed by atoms with van der Waals surface area (Å²) in [6.45, 7) is 13.8. The van der Waals surface area contributed by atoms with E-state index in [1.54, 1.807) is 0 Å². The Kier molecular flexibility index (Phi) is 8.67. The number of para-hydroxylation sites is 2. The highest BCUT2D eigenvalue weighted by Gasteiger charge is 2.23. The van der Waals surface area contributed by atoms with Crippen LogP contribution in [0.1, 0.15) is 52.7 Å². The van der Waals surface area contributed by atoms with Crippen LogP contribution in [0.15, 0.2) is 200 Å². The lowest BCUT2D eigenvalue weighted by molar-refractivity contribution is 0.590. The van der Waals surface area contributed by atoms with Gasteiger partial charge in [0, 0.05) is 49.4 Å². The van der Waals surface area contributed by atoms with Crippen molar-refractivity contribution in [3.8, 4) is 39.3 Å². The number of fused-ring (bicyclic) bond motifs is 9. The maximum absolute atomic E-state index is 2.49. The minimum atomic E-state index is 0.0288. The van der Waals surface area contributed by atoms with Crippen molar-refractivity contribution in [2.45, 2.75) is 52.4 Å². The highest BCUT2D eigenvalue weighted by Crippen LogP contribution is 2.42. The molecular weight excluding hydrogens is 787 g/mol. The zero-order valence-corrected chi connectivity index (χ0v) is 37.9. The maximum Gasteiger partial charge on any atom is 0.0542 e. The normalized spacial score (nSPS) is 12.5. The smallest absolute Gasteiger partial charge is 0.0542 e. The van der Waals surface area contributed by atoms with E-state index in [1.165, 1.54) is 98.8 Å². The second-order valence-electron chi connectivity index (χ2n) is 19.9. The van der Waals surface area contributed by atoms with Crippen LogP contribution in [0.2, 0.25) is 0 Å². The van der Waals surface area contributed by atoms with Gasteiger partial charge < -0.3 is 13.7 Å². The van der Waals surface area contributed by atoms with Gasteiger partial charge in [-0.2, -0.15) is 0 Å². The fourth-order valence-electron chi connectivity index (χ4n) is 10.3. The summed E-state index contributed by atoms with van der Waals surface area (Å²) in [5.41, 5.74) is 18.2. The predicted molar refractivity (Wildman–Crippen MR) is 278 cm³/mol. The molecular formula is C62H51N3. The molecule has 0 saturated heterocycles. The molecule has 0 aliphatic heterocycles. The zero-order chi connectivity index (χ0) is 44.2. The van der Waals surface area contributed by atoms with Crippen molar-refractivity contribution in [1.82, 2.24) is 13.7 Å².